The van der Waals surface area contributed by atoms with Crippen LogP contribution in [-0.4, -0.2) is 52.1 Å². The van der Waals surface area contributed by atoms with Crippen molar-refractivity contribution in [2.45, 2.75) is 50.6 Å². The minimum Gasteiger partial charge on any atom is -0.457 e. The van der Waals surface area contributed by atoms with E-state index >= 15 is 0 Å². The molecule has 6 heterocycles. The number of amides is 1. The van der Waals surface area contributed by atoms with E-state index in [9.17, 15) is 4.79 Å². The van der Waals surface area contributed by atoms with Crippen LogP contribution in [0.3, 0.4) is 0 Å². The minimum absolute atomic E-state index is 0.0423. The maximum Gasteiger partial charge on any atom is 0.246 e. The van der Waals surface area contributed by atoms with E-state index in [2.05, 4.69) is 33.3 Å². The average molecular weight is 521 g/mol. The first-order valence-electron chi connectivity index (χ1n) is 13.2. The molecule has 4 aromatic heterocycles. The number of aromatic nitrogens is 6. The highest BCUT2D eigenvalue weighted by molar-refractivity contribution is 5.88. The zero-order chi connectivity index (χ0) is 26.5. The number of carbonyl (C=O) groups excluding carboxylic acids is 1. The van der Waals surface area contributed by atoms with Gasteiger partial charge in [-0.15, -0.1) is 10.2 Å². The first kappa shape index (κ1) is 23.4. The number of anilines is 2. The molecule has 2 aliphatic heterocycles. The molecule has 7 rings (SSSR count). The van der Waals surface area contributed by atoms with Crippen LogP contribution in [0.4, 0.5) is 11.4 Å². The van der Waals surface area contributed by atoms with E-state index in [4.69, 9.17) is 9.72 Å². The Bertz CT molecular complexity index is 1710. The third-order valence-electron chi connectivity index (χ3n) is 7.98. The van der Waals surface area contributed by atoms with Gasteiger partial charge in [-0.2, -0.15) is 5.10 Å². The average Bonchev–Trinajstić information content (AvgIpc) is 3.65. The molecule has 1 aromatic carbocycles. The van der Waals surface area contributed by atoms with Crippen LogP contribution in [0.1, 0.15) is 42.9 Å². The van der Waals surface area contributed by atoms with E-state index in [1.54, 1.807) is 12.7 Å². The molecule has 2 atom stereocenters. The van der Waals surface area contributed by atoms with Crippen LogP contribution in [0.5, 0.6) is 11.5 Å². The molecule has 10 nitrogen and oxygen atoms in total. The number of nitrogens with zero attached hydrogens (tertiary/aromatic N) is 7. The van der Waals surface area contributed by atoms with E-state index in [-0.39, 0.29) is 23.9 Å². The van der Waals surface area contributed by atoms with Gasteiger partial charge in [-0.05, 0) is 74.6 Å². The van der Waals surface area contributed by atoms with Gasteiger partial charge in [0.2, 0.25) is 5.91 Å². The Morgan fingerprint density at radius 3 is 2.77 bits per heavy atom. The van der Waals surface area contributed by atoms with Gasteiger partial charge in [0.1, 0.15) is 29.7 Å². The highest BCUT2D eigenvalue weighted by atomic mass is 16.5. The molecule has 2 saturated heterocycles. The summed E-state index contributed by atoms with van der Waals surface area (Å²) in [5.41, 5.74) is 5.63. The maximum atomic E-state index is 12.4. The Kier molecular flexibility index (Phi) is 5.54. The van der Waals surface area contributed by atoms with Gasteiger partial charge in [-0.25, -0.2) is 9.50 Å². The summed E-state index contributed by atoms with van der Waals surface area (Å²) in [4.78, 5) is 19.2. The highest BCUT2D eigenvalue weighted by Gasteiger charge is 2.43. The molecule has 2 unspecified atom stereocenters. The second-order valence-electron chi connectivity index (χ2n) is 10.3. The molecular weight excluding hydrogens is 492 g/mol. The molecule has 0 spiro atoms. The molecule has 39 heavy (non-hydrogen) atoms. The molecule has 0 radical (unpaired) electrons. The van der Waals surface area contributed by atoms with Crippen molar-refractivity contribution in [3.63, 3.8) is 0 Å². The lowest BCUT2D eigenvalue weighted by molar-refractivity contribution is -0.130. The lowest BCUT2D eigenvalue weighted by Gasteiger charge is -2.38. The summed E-state index contributed by atoms with van der Waals surface area (Å²) in [7, 11) is 0. The molecule has 0 aliphatic carbocycles. The fourth-order valence-corrected chi connectivity index (χ4v) is 6.23. The van der Waals surface area contributed by atoms with E-state index in [1.807, 2.05) is 63.5 Å². The number of ether oxygens (including phenoxy) is 1. The molecule has 2 fully saturated rings. The van der Waals surface area contributed by atoms with Crippen molar-refractivity contribution in [1.82, 2.24) is 34.1 Å². The summed E-state index contributed by atoms with van der Waals surface area (Å²) in [5.74, 6) is 1.78. The van der Waals surface area contributed by atoms with E-state index in [0.29, 0.717) is 5.75 Å². The number of benzene rings is 1. The number of fused-ring (bicyclic) bond motifs is 4. The Hall–Kier alpha value is -4.73. The van der Waals surface area contributed by atoms with Crippen molar-refractivity contribution in [2.24, 2.45) is 0 Å². The van der Waals surface area contributed by atoms with Crippen LogP contribution < -0.4 is 10.1 Å². The number of piperidine rings is 1. The van der Waals surface area contributed by atoms with Gasteiger partial charge in [-0.1, -0.05) is 6.58 Å². The molecule has 196 valence electrons. The number of rotatable bonds is 6. The molecule has 2 bridgehead atoms. The fourth-order valence-electron chi connectivity index (χ4n) is 6.23. The summed E-state index contributed by atoms with van der Waals surface area (Å²) < 4.78 is 9.86. The van der Waals surface area contributed by atoms with Crippen LogP contribution in [0.15, 0.2) is 74.1 Å². The van der Waals surface area contributed by atoms with Crippen LogP contribution in [0.25, 0.3) is 11.2 Å². The largest absolute Gasteiger partial charge is 0.457 e. The number of aryl methyl sites for hydroxylation is 1. The summed E-state index contributed by atoms with van der Waals surface area (Å²) in [6, 6.07) is 12.3. The van der Waals surface area contributed by atoms with Crippen LogP contribution in [0.2, 0.25) is 0 Å². The summed E-state index contributed by atoms with van der Waals surface area (Å²) in [6.07, 6.45) is 12.4. The Labute approximate surface area is 224 Å². The van der Waals surface area contributed by atoms with Crippen molar-refractivity contribution in [3.05, 3.63) is 85.4 Å². The van der Waals surface area contributed by atoms with Gasteiger partial charge in [0.05, 0.1) is 11.4 Å². The predicted molar refractivity (Wildman–Crippen MR) is 146 cm³/mol. The molecule has 0 saturated carbocycles. The van der Waals surface area contributed by atoms with Gasteiger partial charge in [0, 0.05) is 42.1 Å². The van der Waals surface area contributed by atoms with E-state index in [1.165, 1.54) is 6.08 Å². The SMILES string of the molecule is C=CC(=O)N1C2CCC1CC(c1ncnn3ccc(Nc4ccc(Oc5ccn6cnnc6c5)c(C)c4)c13)C2. The fraction of sp³-hybridized carbons (Fsp3) is 0.276. The van der Waals surface area contributed by atoms with Gasteiger partial charge < -0.3 is 15.0 Å². The monoisotopic (exact) mass is 520 g/mol. The maximum absolute atomic E-state index is 12.4. The molecule has 1 amide bonds. The molecular formula is C29H28N8O2. The van der Waals surface area contributed by atoms with Crippen molar-refractivity contribution in [1.29, 1.82) is 0 Å². The lowest BCUT2D eigenvalue weighted by Crippen LogP contribution is -2.45. The first-order valence-corrected chi connectivity index (χ1v) is 13.2. The topological polar surface area (TPSA) is 102 Å². The van der Waals surface area contributed by atoms with Crippen molar-refractivity contribution in [3.8, 4) is 11.5 Å². The van der Waals surface area contributed by atoms with E-state index in [0.717, 1.165) is 65.2 Å². The second-order valence-corrected chi connectivity index (χ2v) is 10.3. The normalized spacial score (nSPS) is 20.4. The lowest BCUT2D eigenvalue weighted by atomic mass is 9.87. The van der Waals surface area contributed by atoms with Crippen LogP contribution in [0, 0.1) is 6.92 Å². The smallest absolute Gasteiger partial charge is 0.246 e. The standard InChI is InChI=1S/C29H28N8O2/c1-3-27(38)37-21-5-6-22(37)14-19(13-21)28-29-24(9-11-36(29)32-16-30-28)33-20-4-7-25(18(2)12-20)39-23-8-10-35-17-31-34-26(35)15-23/h3-4,7-12,15-17,19,21-22,33H,1,5-6,13-14H2,2H3. The van der Waals surface area contributed by atoms with Gasteiger partial charge >= 0.3 is 0 Å². The quantitative estimate of drug-likeness (QED) is 0.313. The molecule has 10 heteroatoms. The number of nitrogens with one attached hydrogen (secondary N) is 1. The van der Waals surface area contributed by atoms with Gasteiger partial charge in [0.25, 0.3) is 0 Å². The van der Waals surface area contributed by atoms with Gasteiger partial charge in [0.15, 0.2) is 5.65 Å². The molecule has 5 aromatic rings. The number of pyridine rings is 1. The Morgan fingerprint density at radius 2 is 1.97 bits per heavy atom. The third-order valence-corrected chi connectivity index (χ3v) is 7.98. The number of hydrogen-bond donors (Lipinski definition) is 1. The van der Waals surface area contributed by atoms with Crippen molar-refractivity contribution < 1.29 is 9.53 Å². The third kappa shape index (κ3) is 4.08. The molecule has 2 aliphatic rings. The second kappa shape index (κ2) is 9.23. The first-order chi connectivity index (χ1) is 19.1. The number of hydrogen-bond acceptors (Lipinski definition) is 7. The molecule has 1 N–H and O–H groups in total. The summed E-state index contributed by atoms with van der Waals surface area (Å²) in [6.45, 7) is 5.72. The Balaban J connectivity index is 1.14. The Morgan fingerprint density at radius 1 is 1.13 bits per heavy atom. The zero-order valence-electron chi connectivity index (χ0n) is 21.6. The highest BCUT2D eigenvalue weighted by Crippen LogP contribution is 2.44. The summed E-state index contributed by atoms with van der Waals surface area (Å²) in [5, 5.41) is 16.0. The van der Waals surface area contributed by atoms with Crippen LogP contribution >= 0.6 is 0 Å². The minimum atomic E-state index is 0.0423. The van der Waals surface area contributed by atoms with Crippen LogP contribution in [-0.2, 0) is 4.79 Å². The predicted octanol–water partition coefficient (Wildman–Crippen LogP) is 5.04. The van der Waals surface area contributed by atoms with Crippen molar-refractivity contribution >= 4 is 28.4 Å². The summed E-state index contributed by atoms with van der Waals surface area (Å²) >= 11 is 0. The van der Waals surface area contributed by atoms with Crippen molar-refractivity contribution in [2.75, 3.05) is 5.32 Å². The van der Waals surface area contributed by atoms with E-state index < -0.39 is 0 Å². The zero-order valence-corrected chi connectivity index (χ0v) is 21.6. The number of carbonyl (C=O) groups is 1. The van der Waals surface area contributed by atoms with Gasteiger partial charge in [-0.3, -0.25) is 9.20 Å².